The smallest absolute Gasteiger partial charge is 0.406 e. The van der Waals surface area contributed by atoms with Crippen molar-refractivity contribution in [1.29, 1.82) is 0 Å². The minimum atomic E-state index is -4.85. The summed E-state index contributed by atoms with van der Waals surface area (Å²) in [4.78, 5) is 32.5. The number of carbonyl (C=O) groups excluding carboxylic acids is 2. The van der Waals surface area contributed by atoms with E-state index in [1.165, 1.54) is 23.1 Å². The quantitative estimate of drug-likeness (QED) is 0.330. The number of anilines is 1. The van der Waals surface area contributed by atoms with Crippen LogP contribution in [0.15, 0.2) is 54.6 Å². The van der Waals surface area contributed by atoms with Crippen LogP contribution in [0, 0.1) is 5.95 Å². The normalized spacial score (nSPS) is 17.5. The first-order valence-electron chi connectivity index (χ1n) is 9.74. The zero-order valence-corrected chi connectivity index (χ0v) is 16.4. The van der Waals surface area contributed by atoms with Crippen molar-refractivity contribution in [2.24, 2.45) is 0 Å². The predicted molar refractivity (Wildman–Crippen MR) is 105 cm³/mol. The maximum atomic E-state index is 14.1. The first-order valence-corrected chi connectivity index (χ1v) is 9.74. The van der Waals surface area contributed by atoms with Crippen molar-refractivity contribution < 1.29 is 31.9 Å². The summed E-state index contributed by atoms with van der Waals surface area (Å²) >= 11 is 0. The Labute approximate surface area is 179 Å². The van der Waals surface area contributed by atoms with Gasteiger partial charge in [0.1, 0.15) is 11.3 Å². The zero-order valence-electron chi connectivity index (χ0n) is 16.4. The number of pyridine rings is 1. The molecular formula is C22H15F4N3O3. The first-order chi connectivity index (χ1) is 15.2. The molecule has 0 bridgehead atoms. The number of carbonyl (C=O) groups is 2. The summed E-state index contributed by atoms with van der Waals surface area (Å²) in [5.41, 5.74) is 0.0480. The van der Waals surface area contributed by atoms with Crippen LogP contribution in [-0.2, 0) is 11.3 Å². The summed E-state index contributed by atoms with van der Waals surface area (Å²) < 4.78 is 55.1. The molecule has 0 atom stereocenters. The van der Waals surface area contributed by atoms with Crippen LogP contribution in [0.25, 0.3) is 10.9 Å². The van der Waals surface area contributed by atoms with Crippen molar-refractivity contribution in [3.63, 3.8) is 0 Å². The molecule has 0 N–H and O–H groups in total. The molecule has 10 heteroatoms. The number of imide groups is 1. The Morgan fingerprint density at radius 1 is 1.03 bits per heavy atom. The number of rotatable bonds is 4. The van der Waals surface area contributed by atoms with E-state index < -0.39 is 35.5 Å². The highest BCUT2D eigenvalue weighted by Crippen LogP contribution is 2.50. The number of nitrogens with zero attached hydrogens (tertiary/aromatic N) is 3. The Hall–Kier alpha value is -3.69. The minimum Gasteiger partial charge on any atom is -0.406 e. The van der Waals surface area contributed by atoms with Crippen LogP contribution in [0.1, 0.15) is 18.4 Å². The number of halogens is 4. The van der Waals surface area contributed by atoms with Gasteiger partial charge in [-0.2, -0.15) is 4.39 Å². The standard InChI is InChI=1S/C22H15F4N3O3/c23-18-11-13(16-3-1-2-4-17(16)27-18)12-28-20(31)29(19(30)21(28)9-10-21)14-5-7-15(8-6-14)32-22(24,25)26/h1-8,11H,9-10,12H2. The third-order valence-electron chi connectivity index (χ3n) is 5.69. The third kappa shape index (κ3) is 3.31. The molecule has 6 nitrogen and oxygen atoms in total. The van der Waals surface area contributed by atoms with Crippen LogP contribution >= 0.6 is 0 Å². The van der Waals surface area contributed by atoms with Crippen LogP contribution in [0.2, 0.25) is 0 Å². The van der Waals surface area contributed by atoms with Crippen molar-refractivity contribution >= 4 is 28.5 Å². The molecule has 5 rings (SSSR count). The van der Waals surface area contributed by atoms with E-state index in [1.807, 2.05) is 0 Å². The maximum Gasteiger partial charge on any atom is 0.573 e. The van der Waals surface area contributed by atoms with E-state index in [2.05, 4.69) is 9.72 Å². The lowest BCUT2D eigenvalue weighted by atomic mass is 10.1. The number of hydrogen-bond acceptors (Lipinski definition) is 4. The molecule has 0 radical (unpaired) electrons. The highest BCUT2D eigenvalue weighted by molar-refractivity contribution is 6.24. The van der Waals surface area contributed by atoms with Crippen molar-refractivity contribution in [1.82, 2.24) is 9.88 Å². The predicted octanol–water partition coefficient (Wildman–Crippen LogP) is 4.77. The Morgan fingerprint density at radius 3 is 2.38 bits per heavy atom. The Morgan fingerprint density at radius 2 is 1.72 bits per heavy atom. The summed E-state index contributed by atoms with van der Waals surface area (Å²) in [6.45, 7) is -0.00368. The van der Waals surface area contributed by atoms with E-state index in [0.717, 1.165) is 17.0 Å². The molecule has 1 aliphatic heterocycles. The van der Waals surface area contributed by atoms with Crippen LogP contribution in [0.5, 0.6) is 5.75 Å². The molecule has 0 unspecified atom stereocenters. The van der Waals surface area contributed by atoms with E-state index in [-0.39, 0.29) is 12.2 Å². The topological polar surface area (TPSA) is 62.7 Å². The van der Waals surface area contributed by atoms with Gasteiger partial charge in [0, 0.05) is 11.9 Å². The molecule has 2 fully saturated rings. The fourth-order valence-electron chi connectivity index (χ4n) is 4.07. The molecule has 32 heavy (non-hydrogen) atoms. The molecule has 1 saturated heterocycles. The molecule has 3 amide bonds. The number of alkyl halides is 3. The average Bonchev–Trinajstić information content (AvgIpc) is 3.50. The van der Waals surface area contributed by atoms with Crippen molar-refractivity contribution in [3.05, 3.63) is 66.1 Å². The largest absolute Gasteiger partial charge is 0.573 e. The van der Waals surface area contributed by atoms with Gasteiger partial charge in [0.25, 0.3) is 5.91 Å². The third-order valence-corrected chi connectivity index (χ3v) is 5.69. The number of aromatic nitrogens is 1. The zero-order chi connectivity index (χ0) is 22.7. The lowest BCUT2D eigenvalue weighted by molar-refractivity contribution is -0.274. The molecule has 2 aliphatic rings. The van der Waals surface area contributed by atoms with Crippen molar-refractivity contribution in [3.8, 4) is 5.75 Å². The highest BCUT2D eigenvalue weighted by Gasteiger charge is 2.65. The van der Waals surface area contributed by atoms with E-state index in [9.17, 15) is 27.2 Å². The molecule has 1 aliphatic carbocycles. The summed E-state index contributed by atoms with van der Waals surface area (Å²) in [5, 5.41) is 0.664. The number of urea groups is 1. The number of ether oxygens (including phenoxy) is 1. The Bertz CT molecular complexity index is 1240. The van der Waals surface area contributed by atoms with Crippen LogP contribution in [0.4, 0.5) is 28.0 Å². The number of para-hydroxylation sites is 1. The second kappa shape index (κ2) is 6.91. The van der Waals surface area contributed by atoms with Crippen LogP contribution in [-0.4, -0.2) is 33.7 Å². The Kier molecular flexibility index (Phi) is 4.37. The average molecular weight is 445 g/mol. The summed E-state index contributed by atoms with van der Waals surface area (Å²) in [6, 6.07) is 12.1. The van der Waals surface area contributed by atoms with Gasteiger partial charge >= 0.3 is 12.4 Å². The number of benzene rings is 2. The SMILES string of the molecule is O=C1N(c2ccc(OC(F)(F)F)cc2)C(=O)C2(CC2)N1Cc1cc(F)nc2ccccc12. The van der Waals surface area contributed by atoms with Crippen molar-refractivity contribution in [2.75, 3.05) is 4.90 Å². The monoisotopic (exact) mass is 445 g/mol. The van der Waals surface area contributed by atoms with Crippen molar-refractivity contribution in [2.45, 2.75) is 31.3 Å². The molecule has 2 aromatic carbocycles. The molecule has 2 heterocycles. The number of fused-ring (bicyclic) bond motifs is 1. The van der Waals surface area contributed by atoms with Gasteiger partial charge in [0.15, 0.2) is 0 Å². The van der Waals surface area contributed by atoms with Crippen LogP contribution in [0.3, 0.4) is 0 Å². The molecule has 164 valence electrons. The van der Waals surface area contributed by atoms with Gasteiger partial charge < -0.3 is 9.64 Å². The fraction of sp³-hybridized carbons (Fsp3) is 0.227. The fourth-order valence-corrected chi connectivity index (χ4v) is 4.07. The molecule has 1 aromatic heterocycles. The summed E-state index contributed by atoms with van der Waals surface area (Å²) in [6.07, 6.45) is -3.94. The summed E-state index contributed by atoms with van der Waals surface area (Å²) in [5.74, 6) is -1.61. The van der Waals surface area contributed by atoms with Gasteiger partial charge in [-0.05, 0) is 54.8 Å². The molecule has 3 aromatic rings. The van der Waals surface area contributed by atoms with Gasteiger partial charge in [-0.1, -0.05) is 18.2 Å². The first kappa shape index (κ1) is 20.2. The molecule has 1 spiro atoms. The number of amides is 3. The lowest BCUT2D eigenvalue weighted by Crippen LogP contribution is -2.36. The van der Waals surface area contributed by atoms with Gasteiger partial charge in [0.2, 0.25) is 5.95 Å². The summed E-state index contributed by atoms with van der Waals surface area (Å²) in [7, 11) is 0. The van der Waals surface area contributed by atoms with E-state index >= 15 is 0 Å². The van der Waals surface area contributed by atoms with E-state index in [0.29, 0.717) is 29.3 Å². The highest BCUT2D eigenvalue weighted by atomic mass is 19.4. The van der Waals surface area contributed by atoms with Gasteiger partial charge in [-0.25, -0.2) is 14.7 Å². The van der Waals surface area contributed by atoms with E-state index in [4.69, 9.17) is 0 Å². The lowest BCUT2D eigenvalue weighted by Gasteiger charge is -2.22. The van der Waals surface area contributed by atoms with Gasteiger partial charge in [-0.3, -0.25) is 4.79 Å². The number of hydrogen-bond donors (Lipinski definition) is 0. The van der Waals surface area contributed by atoms with Crippen LogP contribution < -0.4 is 9.64 Å². The molecular weight excluding hydrogens is 430 g/mol. The molecule has 1 saturated carbocycles. The van der Waals surface area contributed by atoms with Gasteiger partial charge in [0.05, 0.1) is 11.2 Å². The van der Waals surface area contributed by atoms with E-state index in [1.54, 1.807) is 24.3 Å². The minimum absolute atomic E-state index is 0.00368. The Balaban J connectivity index is 1.46. The second-order valence-corrected chi connectivity index (χ2v) is 7.70. The maximum absolute atomic E-state index is 14.1. The second-order valence-electron chi connectivity index (χ2n) is 7.70. The van der Waals surface area contributed by atoms with Gasteiger partial charge in [-0.15, -0.1) is 13.2 Å².